The van der Waals surface area contributed by atoms with E-state index in [1.165, 1.54) is 36.0 Å². The first kappa shape index (κ1) is 18.0. The number of carbonyl (C=O) groups excluding carboxylic acids is 2. The van der Waals surface area contributed by atoms with Crippen LogP contribution in [-0.4, -0.2) is 40.9 Å². The second kappa shape index (κ2) is 9.78. The van der Waals surface area contributed by atoms with Crippen LogP contribution in [0.3, 0.4) is 0 Å². The molecule has 0 saturated heterocycles. The number of thioether (sulfide) groups is 1. The minimum absolute atomic E-state index is 0.101. The van der Waals surface area contributed by atoms with Crippen LogP contribution in [0.1, 0.15) is 12.8 Å². The summed E-state index contributed by atoms with van der Waals surface area (Å²) < 4.78 is 12.7. The quantitative estimate of drug-likeness (QED) is 0.597. The highest BCUT2D eigenvalue weighted by atomic mass is 32.2. The average Bonchev–Trinajstić information content (AvgIpc) is 2.46. The van der Waals surface area contributed by atoms with Crippen LogP contribution in [0.25, 0.3) is 0 Å². The summed E-state index contributed by atoms with van der Waals surface area (Å²) in [5, 5.41) is 13.5. The Balaban J connectivity index is 2.11. The topological polar surface area (TPSA) is 95.5 Å². The van der Waals surface area contributed by atoms with Crippen molar-refractivity contribution in [3.05, 3.63) is 30.1 Å². The van der Waals surface area contributed by atoms with Crippen LogP contribution in [0.5, 0.6) is 0 Å². The van der Waals surface area contributed by atoms with Gasteiger partial charge in [-0.25, -0.2) is 4.39 Å². The number of aliphatic carboxylic acids is 1. The van der Waals surface area contributed by atoms with Gasteiger partial charge in [-0.3, -0.25) is 14.4 Å². The molecule has 0 spiro atoms. The molecule has 0 bridgehead atoms. The highest BCUT2D eigenvalue weighted by Crippen LogP contribution is 2.09. The maximum atomic E-state index is 12.7. The first-order chi connectivity index (χ1) is 10.5. The average molecular weight is 328 g/mol. The molecule has 3 N–H and O–H groups in total. The number of anilines is 1. The fraction of sp³-hybridized carbons (Fsp3) is 0.357. The summed E-state index contributed by atoms with van der Waals surface area (Å²) in [4.78, 5) is 33.2. The predicted molar refractivity (Wildman–Crippen MR) is 82.2 cm³/mol. The van der Waals surface area contributed by atoms with Gasteiger partial charge in [0, 0.05) is 24.4 Å². The van der Waals surface area contributed by atoms with E-state index in [-0.39, 0.29) is 42.8 Å². The largest absolute Gasteiger partial charge is 0.481 e. The molecule has 8 heteroatoms. The van der Waals surface area contributed by atoms with Gasteiger partial charge in [0.25, 0.3) is 0 Å². The standard InChI is InChI=1S/C14H17FN2O4S/c15-10-1-3-11(4-2-10)17-13(19)9-22-8-6-12(18)16-7-5-14(20)21/h1-4H,5-9H2,(H,16,18)(H,17,19)(H,20,21). The first-order valence-corrected chi connectivity index (χ1v) is 7.74. The number of carboxylic acids is 1. The van der Waals surface area contributed by atoms with Crippen LogP contribution in [0.4, 0.5) is 10.1 Å². The summed E-state index contributed by atoms with van der Waals surface area (Å²) in [5.74, 6) is -1.18. The number of hydrogen-bond acceptors (Lipinski definition) is 4. The Morgan fingerprint density at radius 2 is 1.77 bits per heavy atom. The van der Waals surface area contributed by atoms with Crippen molar-refractivity contribution in [1.82, 2.24) is 5.32 Å². The Hall–Kier alpha value is -2.09. The smallest absolute Gasteiger partial charge is 0.305 e. The summed E-state index contributed by atoms with van der Waals surface area (Å²) in [7, 11) is 0. The van der Waals surface area contributed by atoms with Gasteiger partial charge in [-0.15, -0.1) is 0 Å². The third kappa shape index (κ3) is 8.25. The fourth-order valence-corrected chi connectivity index (χ4v) is 2.19. The van der Waals surface area contributed by atoms with Gasteiger partial charge in [-0.2, -0.15) is 11.8 Å². The molecule has 0 unspecified atom stereocenters. The molecule has 0 atom stereocenters. The van der Waals surface area contributed by atoms with Gasteiger partial charge in [0.05, 0.1) is 12.2 Å². The summed E-state index contributed by atoms with van der Waals surface area (Å²) in [5.41, 5.74) is 0.512. The van der Waals surface area contributed by atoms with E-state index in [0.29, 0.717) is 11.4 Å². The second-order valence-corrected chi connectivity index (χ2v) is 5.46. The normalized spacial score (nSPS) is 10.0. The summed E-state index contributed by atoms with van der Waals surface area (Å²) in [6.45, 7) is 0.101. The van der Waals surface area contributed by atoms with Crippen LogP contribution in [0, 0.1) is 5.82 Å². The van der Waals surface area contributed by atoms with Crippen molar-refractivity contribution in [2.45, 2.75) is 12.8 Å². The molecule has 1 rings (SSSR count). The number of amides is 2. The third-order valence-electron chi connectivity index (χ3n) is 2.50. The molecule has 0 aromatic heterocycles. The zero-order valence-corrected chi connectivity index (χ0v) is 12.6. The van der Waals surface area contributed by atoms with E-state index in [1.54, 1.807) is 0 Å². The lowest BCUT2D eigenvalue weighted by Crippen LogP contribution is -2.26. The van der Waals surface area contributed by atoms with Crippen molar-refractivity contribution in [3.63, 3.8) is 0 Å². The lowest BCUT2D eigenvalue weighted by atomic mass is 10.3. The minimum atomic E-state index is -0.966. The van der Waals surface area contributed by atoms with Gasteiger partial charge in [0.1, 0.15) is 5.82 Å². The number of rotatable bonds is 9. The van der Waals surface area contributed by atoms with Crippen molar-refractivity contribution in [2.75, 3.05) is 23.4 Å². The maximum absolute atomic E-state index is 12.7. The number of hydrogen-bond donors (Lipinski definition) is 3. The minimum Gasteiger partial charge on any atom is -0.481 e. The van der Waals surface area contributed by atoms with Crippen LogP contribution < -0.4 is 10.6 Å². The number of nitrogens with one attached hydrogen (secondary N) is 2. The van der Waals surface area contributed by atoms with E-state index < -0.39 is 5.97 Å². The van der Waals surface area contributed by atoms with Crippen molar-refractivity contribution in [3.8, 4) is 0 Å². The van der Waals surface area contributed by atoms with Gasteiger partial charge in [-0.05, 0) is 24.3 Å². The molecule has 0 heterocycles. The van der Waals surface area contributed by atoms with Crippen molar-refractivity contribution in [1.29, 1.82) is 0 Å². The Morgan fingerprint density at radius 1 is 1.09 bits per heavy atom. The Morgan fingerprint density at radius 3 is 2.41 bits per heavy atom. The Labute approximate surface area is 131 Å². The molecule has 0 saturated carbocycles. The third-order valence-corrected chi connectivity index (χ3v) is 3.45. The monoisotopic (exact) mass is 328 g/mol. The molecule has 0 aliphatic rings. The van der Waals surface area contributed by atoms with Crippen LogP contribution in [0.2, 0.25) is 0 Å². The SMILES string of the molecule is O=C(O)CCNC(=O)CCSCC(=O)Nc1ccc(F)cc1. The lowest BCUT2D eigenvalue weighted by Gasteiger charge is -2.05. The molecular weight excluding hydrogens is 311 g/mol. The molecule has 2 amide bonds. The first-order valence-electron chi connectivity index (χ1n) is 6.59. The zero-order chi connectivity index (χ0) is 16.4. The molecular formula is C14H17FN2O4S. The van der Waals surface area contributed by atoms with Gasteiger partial charge in [0.15, 0.2) is 0 Å². The number of carboxylic acid groups (broad SMARTS) is 1. The molecule has 0 fully saturated rings. The highest BCUT2D eigenvalue weighted by Gasteiger charge is 2.05. The van der Waals surface area contributed by atoms with E-state index >= 15 is 0 Å². The Kier molecular flexibility index (Phi) is 7.98. The van der Waals surface area contributed by atoms with E-state index in [2.05, 4.69) is 10.6 Å². The van der Waals surface area contributed by atoms with Gasteiger partial charge < -0.3 is 15.7 Å². The predicted octanol–water partition coefficient (Wildman–Crippen LogP) is 1.48. The lowest BCUT2D eigenvalue weighted by molar-refractivity contribution is -0.137. The van der Waals surface area contributed by atoms with Crippen molar-refractivity contribution >= 4 is 35.2 Å². The number of benzene rings is 1. The van der Waals surface area contributed by atoms with Crippen LogP contribution in [-0.2, 0) is 14.4 Å². The molecule has 1 aromatic carbocycles. The van der Waals surface area contributed by atoms with Crippen LogP contribution in [0.15, 0.2) is 24.3 Å². The molecule has 0 radical (unpaired) electrons. The molecule has 22 heavy (non-hydrogen) atoms. The van der Waals surface area contributed by atoms with Crippen molar-refractivity contribution in [2.24, 2.45) is 0 Å². The van der Waals surface area contributed by atoms with Gasteiger partial charge in [-0.1, -0.05) is 0 Å². The molecule has 6 nitrogen and oxygen atoms in total. The number of carbonyl (C=O) groups is 3. The summed E-state index contributed by atoms with van der Waals surface area (Å²) in [6, 6.07) is 5.44. The van der Waals surface area contributed by atoms with Gasteiger partial charge >= 0.3 is 5.97 Å². The summed E-state index contributed by atoms with van der Waals surface area (Å²) >= 11 is 1.29. The highest BCUT2D eigenvalue weighted by molar-refractivity contribution is 7.99. The number of halogens is 1. The van der Waals surface area contributed by atoms with E-state index in [0.717, 1.165) is 0 Å². The maximum Gasteiger partial charge on any atom is 0.305 e. The summed E-state index contributed by atoms with van der Waals surface area (Å²) in [6.07, 6.45) is 0.104. The van der Waals surface area contributed by atoms with E-state index in [1.807, 2.05) is 0 Å². The molecule has 0 aliphatic carbocycles. The molecule has 0 aliphatic heterocycles. The molecule has 120 valence electrons. The molecule has 1 aromatic rings. The van der Waals surface area contributed by atoms with Crippen LogP contribution >= 0.6 is 11.8 Å². The van der Waals surface area contributed by atoms with Crippen molar-refractivity contribution < 1.29 is 23.9 Å². The second-order valence-electron chi connectivity index (χ2n) is 4.35. The van der Waals surface area contributed by atoms with E-state index in [9.17, 15) is 18.8 Å². The fourth-order valence-electron chi connectivity index (χ4n) is 1.46. The zero-order valence-electron chi connectivity index (χ0n) is 11.8. The van der Waals surface area contributed by atoms with E-state index in [4.69, 9.17) is 5.11 Å². The Bertz CT molecular complexity index is 522. The van der Waals surface area contributed by atoms with Gasteiger partial charge in [0.2, 0.25) is 11.8 Å².